The lowest BCUT2D eigenvalue weighted by atomic mass is 9.92. The number of nitrogens with one attached hydrogen (secondary N) is 1. The molecule has 1 aliphatic heterocycles. The average molecular weight is 316 g/mol. The van der Waals surface area contributed by atoms with E-state index >= 15 is 0 Å². The molecule has 2 aliphatic rings. The number of hydrogen-bond acceptors (Lipinski definition) is 2. The predicted octanol–water partition coefficient (Wildman–Crippen LogP) is 3.27. The highest BCUT2D eigenvalue weighted by Gasteiger charge is 2.25. The zero-order valence-electron chi connectivity index (χ0n) is 13.8. The van der Waals surface area contributed by atoms with E-state index in [0.717, 1.165) is 58.0 Å². The molecule has 4 nitrogen and oxygen atoms in total. The molecule has 2 N–H and O–H groups in total. The van der Waals surface area contributed by atoms with Gasteiger partial charge in [-0.2, -0.15) is 0 Å². The molecule has 0 spiro atoms. The summed E-state index contributed by atoms with van der Waals surface area (Å²) in [5.74, 6) is 0.568. The summed E-state index contributed by atoms with van der Waals surface area (Å²) in [6.07, 6.45) is 6.50. The van der Waals surface area contributed by atoms with E-state index in [2.05, 4.69) is 35.6 Å². The van der Waals surface area contributed by atoms with Gasteiger partial charge < -0.3 is 15.3 Å². The van der Waals surface area contributed by atoms with Gasteiger partial charge in [-0.1, -0.05) is 30.3 Å². The lowest BCUT2D eigenvalue weighted by molar-refractivity contribution is 0.115. The maximum absolute atomic E-state index is 12.5. The molecule has 23 heavy (non-hydrogen) atoms. The van der Waals surface area contributed by atoms with Crippen molar-refractivity contribution in [3.63, 3.8) is 0 Å². The average Bonchev–Trinajstić information content (AvgIpc) is 2.84. The van der Waals surface area contributed by atoms with Gasteiger partial charge >= 0.3 is 6.03 Å². The Labute approximate surface area is 138 Å². The second kappa shape index (κ2) is 7.82. The lowest BCUT2D eigenvalue weighted by Gasteiger charge is -2.29. The zero-order chi connectivity index (χ0) is 16.1. The summed E-state index contributed by atoms with van der Waals surface area (Å²) in [5, 5.41) is 12.7. The number of rotatable bonds is 2. The molecular formula is C19H28N2O2. The molecule has 0 radical (unpaired) electrons. The number of urea groups is 1. The maximum atomic E-state index is 12.5. The molecule has 0 bridgehead atoms. The van der Waals surface area contributed by atoms with Gasteiger partial charge in [0.1, 0.15) is 0 Å². The minimum atomic E-state index is -0.173. The van der Waals surface area contributed by atoms with Crippen molar-refractivity contribution in [2.75, 3.05) is 13.1 Å². The Bertz CT molecular complexity index is 497. The van der Waals surface area contributed by atoms with Crippen LogP contribution in [-0.2, 0) is 0 Å². The molecule has 1 aliphatic carbocycles. The first-order valence-corrected chi connectivity index (χ1v) is 9.01. The molecule has 2 fully saturated rings. The second-order valence-electron chi connectivity index (χ2n) is 6.98. The first-order valence-electron chi connectivity index (χ1n) is 9.01. The van der Waals surface area contributed by atoms with Gasteiger partial charge in [-0.3, -0.25) is 0 Å². The summed E-state index contributed by atoms with van der Waals surface area (Å²) in [7, 11) is 0. The van der Waals surface area contributed by atoms with Gasteiger partial charge in [0, 0.05) is 19.1 Å². The van der Waals surface area contributed by atoms with E-state index in [9.17, 15) is 9.90 Å². The van der Waals surface area contributed by atoms with Gasteiger partial charge in [0.05, 0.1) is 6.10 Å². The fraction of sp³-hybridized carbons (Fsp3) is 0.632. The summed E-state index contributed by atoms with van der Waals surface area (Å²) in [6, 6.07) is 11.0. The number of amides is 2. The Morgan fingerprint density at radius 3 is 2.48 bits per heavy atom. The minimum absolute atomic E-state index is 0.0834. The van der Waals surface area contributed by atoms with Crippen molar-refractivity contribution in [3.05, 3.63) is 35.9 Å². The number of carbonyl (C=O) groups excluding carboxylic acids is 1. The van der Waals surface area contributed by atoms with Crippen LogP contribution in [0.15, 0.2) is 30.3 Å². The molecule has 1 saturated heterocycles. The number of aliphatic hydroxyl groups excluding tert-OH is 1. The first-order chi connectivity index (χ1) is 11.2. The summed E-state index contributed by atoms with van der Waals surface area (Å²) in [5.41, 5.74) is 1.40. The molecule has 4 heteroatoms. The number of benzene rings is 1. The van der Waals surface area contributed by atoms with Crippen molar-refractivity contribution < 1.29 is 9.90 Å². The van der Waals surface area contributed by atoms with Gasteiger partial charge in [0.2, 0.25) is 0 Å². The number of nitrogens with zero attached hydrogens (tertiary/aromatic N) is 1. The predicted molar refractivity (Wildman–Crippen MR) is 91.4 cm³/mol. The smallest absolute Gasteiger partial charge is 0.317 e. The fourth-order valence-corrected chi connectivity index (χ4v) is 3.84. The van der Waals surface area contributed by atoms with Crippen LogP contribution in [0.2, 0.25) is 0 Å². The third kappa shape index (κ3) is 4.47. The SMILES string of the molecule is O=C(NC1CCC(O)CC1)N1CCC[C@H](c2ccccc2)CC1. The Hall–Kier alpha value is -1.55. The van der Waals surface area contributed by atoms with Crippen molar-refractivity contribution in [1.82, 2.24) is 10.2 Å². The van der Waals surface area contributed by atoms with Crippen molar-refractivity contribution in [2.24, 2.45) is 0 Å². The fourth-order valence-electron chi connectivity index (χ4n) is 3.84. The second-order valence-corrected chi connectivity index (χ2v) is 6.98. The summed E-state index contributed by atoms with van der Waals surface area (Å²) in [6.45, 7) is 1.69. The van der Waals surface area contributed by atoms with E-state index in [0.29, 0.717) is 5.92 Å². The van der Waals surface area contributed by atoms with Crippen LogP contribution in [0.4, 0.5) is 4.79 Å². The van der Waals surface area contributed by atoms with Gasteiger partial charge in [0.25, 0.3) is 0 Å². The topological polar surface area (TPSA) is 52.6 Å². The lowest BCUT2D eigenvalue weighted by Crippen LogP contribution is -2.46. The van der Waals surface area contributed by atoms with Crippen LogP contribution in [0.25, 0.3) is 0 Å². The molecule has 3 rings (SSSR count). The van der Waals surface area contributed by atoms with E-state index in [4.69, 9.17) is 0 Å². The van der Waals surface area contributed by atoms with E-state index in [1.807, 2.05) is 4.90 Å². The van der Waals surface area contributed by atoms with E-state index in [1.165, 1.54) is 5.56 Å². The molecular weight excluding hydrogens is 288 g/mol. The largest absolute Gasteiger partial charge is 0.393 e. The first kappa shape index (κ1) is 16.3. The van der Waals surface area contributed by atoms with Gasteiger partial charge in [-0.15, -0.1) is 0 Å². The zero-order valence-corrected chi connectivity index (χ0v) is 13.8. The molecule has 1 aromatic rings. The Kier molecular flexibility index (Phi) is 5.55. The van der Waals surface area contributed by atoms with E-state index in [1.54, 1.807) is 0 Å². The third-order valence-corrected chi connectivity index (χ3v) is 5.31. The van der Waals surface area contributed by atoms with Crippen LogP contribution < -0.4 is 5.32 Å². The monoisotopic (exact) mass is 316 g/mol. The summed E-state index contributed by atoms with van der Waals surface area (Å²) in [4.78, 5) is 14.5. The van der Waals surface area contributed by atoms with Gasteiger partial charge in [-0.25, -0.2) is 4.79 Å². The minimum Gasteiger partial charge on any atom is -0.393 e. The maximum Gasteiger partial charge on any atom is 0.317 e. The summed E-state index contributed by atoms with van der Waals surface area (Å²) >= 11 is 0. The van der Waals surface area contributed by atoms with Crippen LogP contribution in [0.1, 0.15) is 56.4 Å². The number of hydrogen-bond donors (Lipinski definition) is 2. The Balaban J connectivity index is 1.50. The van der Waals surface area contributed by atoms with Crippen LogP contribution >= 0.6 is 0 Å². The highest BCUT2D eigenvalue weighted by molar-refractivity contribution is 5.74. The van der Waals surface area contributed by atoms with Crippen molar-refractivity contribution in [1.29, 1.82) is 0 Å². The molecule has 2 amide bonds. The highest BCUT2D eigenvalue weighted by atomic mass is 16.3. The normalized spacial score (nSPS) is 28.9. The van der Waals surface area contributed by atoms with Crippen LogP contribution in [0, 0.1) is 0 Å². The highest BCUT2D eigenvalue weighted by Crippen LogP contribution is 2.28. The number of likely N-dealkylation sites (tertiary alicyclic amines) is 1. The molecule has 1 aromatic carbocycles. The molecule has 0 aromatic heterocycles. The van der Waals surface area contributed by atoms with E-state index in [-0.39, 0.29) is 18.2 Å². The molecule has 126 valence electrons. The van der Waals surface area contributed by atoms with E-state index < -0.39 is 0 Å². The Morgan fingerprint density at radius 2 is 1.74 bits per heavy atom. The molecule has 1 heterocycles. The van der Waals surface area contributed by atoms with Crippen LogP contribution in [0.3, 0.4) is 0 Å². The number of carbonyl (C=O) groups is 1. The summed E-state index contributed by atoms with van der Waals surface area (Å²) < 4.78 is 0. The van der Waals surface area contributed by atoms with Crippen molar-refractivity contribution in [2.45, 2.75) is 63.0 Å². The standard InChI is InChI=1S/C19H28N2O2/c22-18-10-8-17(9-11-18)20-19(23)21-13-4-7-16(12-14-21)15-5-2-1-3-6-15/h1-3,5-6,16-18,22H,4,7-14H2,(H,20,23)/t16-,17?,18?/m0/s1. The molecule has 1 saturated carbocycles. The van der Waals surface area contributed by atoms with Crippen molar-refractivity contribution in [3.8, 4) is 0 Å². The van der Waals surface area contributed by atoms with Gasteiger partial charge in [-0.05, 0) is 56.4 Å². The van der Waals surface area contributed by atoms with Crippen LogP contribution in [0.5, 0.6) is 0 Å². The Morgan fingerprint density at radius 1 is 1.00 bits per heavy atom. The number of aliphatic hydroxyl groups is 1. The molecule has 1 atom stereocenters. The third-order valence-electron chi connectivity index (χ3n) is 5.31. The quantitative estimate of drug-likeness (QED) is 0.880. The van der Waals surface area contributed by atoms with Crippen molar-refractivity contribution >= 4 is 6.03 Å². The molecule has 0 unspecified atom stereocenters. The van der Waals surface area contributed by atoms with Gasteiger partial charge in [0.15, 0.2) is 0 Å². The van der Waals surface area contributed by atoms with Crippen LogP contribution in [-0.4, -0.2) is 41.3 Å².